The number of benzene rings is 2. The maximum Gasteiger partial charge on any atom is 0.234 e. The van der Waals surface area contributed by atoms with E-state index in [-0.39, 0.29) is 23.3 Å². The zero-order valence-electron chi connectivity index (χ0n) is 14.7. The third kappa shape index (κ3) is 3.70. The van der Waals surface area contributed by atoms with Crippen LogP contribution in [0, 0.1) is 5.82 Å². The molecule has 0 aliphatic heterocycles. The Balaban J connectivity index is 1.44. The number of nitrogens with one attached hydrogen (secondary N) is 2. The molecular weight excluding hydrogens is 381 g/mol. The minimum absolute atomic E-state index is 0.0341. The van der Waals surface area contributed by atoms with Crippen molar-refractivity contribution in [2.75, 3.05) is 11.1 Å². The van der Waals surface area contributed by atoms with E-state index in [4.69, 9.17) is 0 Å². The normalized spacial score (nSPS) is 11.1. The Labute approximate surface area is 162 Å². The van der Waals surface area contributed by atoms with E-state index in [1.54, 1.807) is 30.3 Å². The summed E-state index contributed by atoms with van der Waals surface area (Å²) in [6, 6.07) is 11.0. The summed E-state index contributed by atoms with van der Waals surface area (Å²) >= 11 is 1.14. The highest BCUT2D eigenvalue weighted by molar-refractivity contribution is 7.99. The van der Waals surface area contributed by atoms with E-state index in [1.807, 2.05) is 0 Å². The molecule has 1 amide bonds. The van der Waals surface area contributed by atoms with Crippen LogP contribution in [0.3, 0.4) is 0 Å². The molecule has 0 spiro atoms. The molecular formula is C19H14FN5O2S. The highest BCUT2D eigenvalue weighted by Gasteiger charge is 2.12. The number of carbonyl (C=O) groups excluding carboxylic acids is 2. The SMILES string of the molecule is CC(=O)c1ccc(NC(=O)CSc2nnc3c(n2)[nH]c2ccc(F)cc23)cc1. The first-order chi connectivity index (χ1) is 13.5. The van der Waals surface area contributed by atoms with Gasteiger partial charge in [0.25, 0.3) is 0 Å². The summed E-state index contributed by atoms with van der Waals surface area (Å²) < 4.78 is 13.4. The number of H-pyrrole nitrogens is 1. The number of anilines is 1. The quantitative estimate of drug-likeness (QED) is 0.396. The van der Waals surface area contributed by atoms with Gasteiger partial charge in [-0.3, -0.25) is 9.59 Å². The number of aromatic amines is 1. The molecule has 0 unspecified atom stereocenters. The minimum atomic E-state index is -0.360. The van der Waals surface area contributed by atoms with Crippen molar-refractivity contribution in [3.63, 3.8) is 0 Å². The number of amides is 1. The Hall–Kier alpha value is -3.33. The van der Waals surface area contributed by atoms with Crippen molar-refractivity contribution in [2.45, 2.75) is 12.1 Å². The van der Waals surface area contributed by atoms with Gasteiger partial charge >= 0.3 is 0 Å². The number of aromatic nitrogens is 4. The molecule has 0 aliphatic carbocycles. The van der Waals surface area contributed by atoms with Gasteiger partial charge in [0, 0.05) is 22.2 Å². The first-order valence-corrected chi connectivity index (χ1v) is 9.33. The van der Waals surface area contributed by atoms with E-state index in [0.717, 1.165) is 11.8 Å². The molecule has 4 aromatic rings. The summed E-state index contributed by atoms with van der Waals surface area (Å²) in [6.45, 7) is 1.48. The maximum atomic E-state index is 13.4. The monoisotopic (exact) mass is 395 g/mol. The number of halogens is 1. The fraction of sp³-hybridized carbons (Fsp3) is 0.105. The molecule has 2 N–H and O–H groups in total. The number of hydrogen-bond donors (Lipinski definition) is 2. The van der Waals surface area contributed by atoms with Gasteiger partial charge in [0.15, 0.2) is 11.4 Å². The minimum Gasteiger partial charge on any atom is -0.338 e. The predicted molar refractivity (Wildman–Crippen MR) is 105 cm³/mol. The smallest absolute Gasteiger partial charge is 0.234 e. The molecule has 2 aromatic heterocycles. The van der Waals surface area contributed by atoms with Crippen molar-refractivity contribution >= 4 is 51.2 Å². The van der Waals surface area contributed by atoms with Crippen molar-refractivity contribution in [2.24, 2.45) is 0 Å². The fourth-order valence-electron chi connectivity index (χ4n) is 2.71. The standard InChI is InChI=1S/C19H14FN5O2S/c1-10(26)11-2-5-13(6-3-11)21-16(27)9-28-19-23-18-17(24-25-19)14-8-12(20)4-7-15(14)22-18/h2-8H,9H2,1H3,(H,21,27)(H,22,23,25). The van der Waals surface area contributed by atoms with E-state index in [2.05, 4.69) is 25.5 Å². The van der Waals surface area contributed by atoms with Crippen LogP contribution in [0.25, 0.3) is 22.1 Å². The number of fused-ring (bicyclic) bond motifs is 3. The second-order valence-electron chi connectivity index (χ2n) is 6.08. The number of ketones is 1. The van der Waals surface area contributed by atoms with Crippen LogP contribution in [0.1, 0.15) is 17.3 Å². The molecule has 0 bridgehead atoms. The maximum absolute atomic E-state index is 13.4. The molecule has 0 saturated carbocycles. The van der Waals surface area contributed by atoms with Crippen molar-refractivity contribution in [3.05, 3.63) is 53.8 Å². The summed E-state index contributed by atoms with van der Waals surface area (Å²) in [6.07, 6.45) is 0. The first-order valence-electron chi connectivity index (χ1n) is 8.35. The predicted octanol–water partition coefficient (Wildman–Crippen LogP) is 3.58. The average Bonchev–Trinajstić information content (AvgIpc) is 3.04. The van der Waals surface area contributed by atoms with E-state index in [9.17, 15) is 14.0 Å². The van der Waals surface area contributed by atoms with Crippen LogP contribution in [-0.4, -0.2) is 37.6 Å². The summed E-state index contributed by atoms with van der Waals surface area (Å²) in [5.41, 5.74) is 2.86. The third-order valence-corrected chi connectivity index (χ3v) is 4.90. The van der Waals surface area contributed by atoms with Crippen LogP contribution in [0.4, 0.5) is 10.1 Å². The van der Waals surface area contributed by atoms with Gasteiger partial charge < -0.3 is 10.3 Å². The Morgan fingerprint density at radius 2 is 1.93 bits per heavy atom. The molecule has 28 heavy (non-hydrogen) atoms. The van der Waals surface area contributed by atoms with Gasteiger partial charge in [-0.1, -0.05) is 11.8 Å². The molecule has 9 heteroatoms. The molecule has 0 saturated heterocycles. The lowest BCUT2D eigenvalue weighted by Gasteiger charge is -2.05. The van der Waals surface area contributed by atoms with Crippen LogP contribution in [0.2, 0.25) is 0 Å². The van der Waals surface area contributed by atoms with Gasteiger partial charge in [0.05, 0.1) is 5.75 Å². The number of carbonyl (C=O) groups is 2. The summed E-state index contributed by atoms with van der Waals surface area (Å²) in [4.78, 5) is 30.8. The highest BCUT2D eigenvalue weighted by atomic mass is 32.2. The molecule has 4 rings (SSSR count). The molecule has 2 aromatic carbocycles. The zero-order valence-corrected chi connectivity index (χ0v) is 15.5. The summed E-state index contributed by atoms with van der Waals surface area (Å²) in [5.74, 6) is -0.533. The van der Waals surface area contributed by atoms with Crippen LogP contribution in [0.15, 0.2) is 47.6 Å². The fourth-order valence-corrected chi connectivity index (χ4v) is 3.29. The number of hydrogen-bond acceptors (Lipinski definition) is 6. The average molecular weight is 395 g/mol. The lowest BCUT2D eigenvalue weighted by atomic mass is 10.1. The van der Waals surface area contributed by atoms with E-state index in [1.165, 1.54) is 19.1 Å². The molecule has 140 valence electrons. The Bertz CT molecular complexity index is 1210. The molecule has 0 radical (unpaired) electrons. The Morgan fingerprint density at radius 1 is 1.14 bits per heavy atom. The largest absolute Gasteiger partial charge is 0.338 e. The van der Waals surface area contributed by atoms with E-state index < -0.39 is 0 Å². The van der Waals surface area contributed by atoms with Crippen LogP contribution in [0.5, 0.6) is 0 Å². The molecule has 0 aliphatic rings. The second-order valence-corrected chi connectivity index (χ2v) is 7.02. The van der Waals surface area contributed by atoms with Gasteiger partial charge in [-0.05, 0) is 49.4 Å². The molecule has 2 heterocycles. The second kappa shape index (κ2) is 7.35. The van der Waals surface area contributed by atoms with Gasteiger partial charge in [0.1, 0.15) is 11.3 Å². The van der Waals surface area contributed by atoms with Crippen molar-refractivity contribution in [1.29, 1.82) is 0 Å². The molecule has 0 atom stereocenters. The van der Waals surface area contributed by atoms with E-state index in [0.29, 0.717) is 38.5 Å². The Morgan fingerprint density at radius 3 is 2.68 bits per heavy atom. The number of rotatable bonds is 5. The van der Waals surface area contributed by atoms with Gasteiger partial charge in [-0.15, -0.1) is 10.2 Å². The summed E-state index contributed by atoms with van der Waals surface area (Å²) in [5, 5.41) is 11.8. The van der Waals surface area contributed by atoms with Gasteiger partial charge in [0.2, 0.25) is 11.1 Å². The first kappa shape index (κ1) is 18.1. The lowest BCUT2D eigenvalue weighted by molar-refractivity contribution is -0.113. The summed E-state index contributed by atoms with van der Waals surface area (Å²) in [7, 11) is 0. The van der Waals surface area contributed by atoms with Crippen molar-refractivity contribution in [3.8, 4) is 0 Å². The van der Waals surface area contributed by atoms with Crippen molar-refractivity contribution < 1.29 is 14.0 Å². The molecule has 0 fully saturated rings. The lowest BCUT2D eigenvalue weighted by Crippen LogP contribution is -2.14. The van der Waals surface area contributed by atoms with Crippen LogP contribution >= 0.6 is 11.8 Å². The number of Topliss-reactive ketones (excluding diaryl/α,β-unsaturated/α-hetero) is 1. The van der Waals surface area contributed by atoms with Crippen LogP contribution < -0.4 is 5.32 Å². The topological polar surface area (TPSA) is 101 Å². The molecule has 7 nitrogen and oxygen atoms in total. The zero-order chi connectivity index (χ0) is 19.7. The van der Waals surface area contributed by atoms with Crippen LogP contribution in [-0.2, 0) is 4.79 Å². The van der Waals surface area contributed by atoms with Gasteiger partial charge in [-0.2, -0.15) is 0 Å². The Kier molecular flexibility index (Phi) is 4.74. The van der Waals surface area contributed by atoms with E-state index >= 15 is 0 Å². The number of nitrogens with zero attached hydrogens (tertiary/aromatic N) is 3. The van der Waals surface area contributed by atoms with Gasteiger partial charge in [-0.25, -0.2) is 9.37 Å². The third-order valence-electron chi connectivity index (χ3n) is 4.06. The highest BCUT2D eigenvalue weighted by Crippen LogP contribution is 2.24. The van der Waals surface area contributed by atoms with Crippen molar-refractivity contribution in [1.82, 2.24) is 20.2 Å². The number of thioether (sulfide) groups is 1.